The van der Waals surface area contributed by atoms with Gasteiger partial charge in [0.1, 0.15) is 54.1 Å². The van der Waals surface area contributed by atoms with Crippen LogP contribution in [0.15, 0.2) is 53.8 Å². The molecule has 0 bridgehead atoms. The van der Waals surface area contributed by atoms with Gasteiger partial charge in [-0.25, -0.2) is 0 Å². The SMILES string of the molecule is CCCC1C(O[C@H]2[C@H](O)[C@@H](CO)OC(O)[C@@H]2O)=C(C(=O)c2ccccc2)C=CC1(O[C@H]1[C@H](O)[C@@H](CO)OC(O)[C@@H]1O)C(=O)[O-]. The number of ketones is 1. The van der Waals surface area contributed by atoms with Crippen LogP contribution in [0.5, 0.6) is 0 Å². The van der Waals surface area contributed by atoms with Gasteiger partial charge in [-0.1, -0.05) is 43.7 Å². The number of hydrogen-bond donors (Lipinski definition) is 8. The molecule has 44 heavy (non-hydrogen) atoms. The van der Waals surface area contributed by atoms with E-state index in [9.17, 15) is 55.5 Å². The van der Waals surface area contributed by atoms with Crippen LogP contribution >= 0.6 is 0 Å². The van der Waals surface area contributed by atoms with Crippen LogP contribution in [0, 0.1) is 5.92 Å². The molecule has 8 N–H and O–H groups in total. The monoisotopic (exact) mass is 625 g/mol. The van der Waals surface area contributed by atoms with Crippen molar-refractivity contribution in [3.05, 3.63) is 59.4 Å². The molecule has 12 atom stereocenters. The van der Waals surface area contributed by atoms with Crippen molar-refractivity contribution in [1.82, 2.24) is 0 Å². The van der Waals surface area contributed by atoms with Crippen LogP contribution in [0.2, 0.25) is 0 Å². The molecule has 2 aliphatic heterocycles. The lowest BCUT2D eigenvalue weighted by molar-refractivity contribution is -0.347. The van der Waals surface area contributed by atoms with Gasteiger partial charge in [-0.3, -0.25) is 4.79 Å². The largest absolute Gasteiger partial charge is 0.547 e. The zero-order chi connectivity index (χ0) is 32.3. The summed E-state index contributed by atoms with van der Waals surface area (Å²) in [5.74, 6) is -4.45. The number of rotatable bonds is 11. The van der Waals surface area contributed by atoms with Crippen molar-refractivity contribution in [2.75, 3.05) is 13.2 Å². The maximum atomic E-state index is 13.8. The molecule has 4 unspecified atom stereocenters. The van der Waals surface area contributed by atoms with Crippen molar-refractivity contribution in [3.63, 3.8) is 0 Å². The summed E-state index contributed by atoms with van der Waals surface area (Å²) in [6, 6.07) is 7.81. The molecule has 3 aliphatic rings. The number of aliphatic hydroxyl groups excluding tert-OH is 8. The minimum absolute atomic E-state index is 0.109. The number of hydrogen-bond acceptors (Lipinski definition) is 15. The smallest absolute Gasteiger partial charge is 0.196 e. The van der Waals surface area contributed by atoms with Crippen molar-refractivity contribution in [2.24, 2.45) is 5.92 Å². The molecule has 244 valence electrons. The molecule has 4 rings (SSSR count). The second-order valence-electron chi connectivity index (χ2n) is 10.9. The molecule has 1 aromatic rings. The maximum absolute atomic E-state index is 13.8. The lowest BCUT2D eigenvalue weighted by atomic mass is 9.75. The van der Waals surface area contributed by atoms with E-state index in [0.717, 1.165) is 12.2 Å². The first-order valence-electron chi connectivity index (χ1n) is 14.1. The number of carbonyl (C=O) groups is 2. The average molecular weight is 626 g/mol. The first-order valence-corrected chi connectivity index (χ1v) is 14.1. The molecule has 0 aromatic heterocycles. The van der Waals surface area contributed by atoms with Gasteiger partial charge in [0.2, 0.25) is 0 Å². The number of benzene rings is 1. The van der Waals surface area contributed by atoms with Crippen LogP contribution < -0.4 is 5.11 Å². The fourth-order valence-corrected chi connectivity index (χ4v) is 5.66. The van der Waals surface area contributed by atoms with Crippen LogP contribution in [0.3, 0.4) is 0 Å². The fourth-order valence-electron chi connectivity index (χ4n) is 5.66. The summed E-state index contributed by atoms with van der Waals surface area (Å²) < 4.78 is 21.9. The first-order chi connectivity index (χ1) is 20.9. The van der Waals surface area contributed by atoms with Gasteiger partial charge < -0.3 is 69.7 Å². The van der Waals surface area contributed by atoms with E-state index in [0.29, 0.717) is 0 Å². The molecule has 0 spiro atoms. The lowest BCUT2D eigenvalue weighted by Gasteiger charge is -2.49. The number of carbonyl (C=O) groups excluding carboxylic acids is 2. The molecule has 2 fully saturated rings. The van der Waals surface area contributed by atoms with Crippen molar-refractivity contribution in [2.45, 2.75) is 86.8 Å². The molecule has 1 aliphatic carbocycles. The van der Waals surface area contributed by atoms with Gasteiger partial charge >= 0.3 is 0 Å². The Kier molecular flexibility index (Phi) is 10.9. The Bertz CT molecular complexity index is 1220. The Labute approximate surface area is 251 Å². The molecule has 15 nitrogen and oxygen atoms in total. The van der Waals surface area contributed by atoms with E-state index in [2.05, 4.69) is 0 Å². The third-order valence-corrected chi connectivity index (χ3v) is 8.05. The highest BCUT2D eigenvalue weighted by molar-refractivity contribution is 6.11. The topological polar surface area (TPSA) is 256 Å². The van der Waals surface area contributed by atoms with Gasteiger partial charge in [-0.15, -0.1) is 0 Å². The Morgan fingerprint density at radius 2 is 1.41 bits per heavy atom. The molecular formula is C29H37O15-. The number of aliphatic hydroxyl groups is 8. The molecule has 0 saturated carbocycles. The standard InChI is InChI=1S/C29H38O15/c1-2-6-15-23(43-24-19(33)16(11-30)41-26(37)21(24)35)14(18(32)13-7-4-3-5-8-13)9-10-29(15,28(39)40)44-25-20(34)17(12-31)42-27(38)22(25)36/h3-5,7-10,15-17,19-22,24-27,30-31,33-38H,2,6,11-12H2,1H3,(H,39,40)/p-1/t15?,16-,17-,19-,20-,21-,22-,24+,25+,26?,27?,29?/m1/s1. The van der Waals surface area contributed by atoms with E-state index in [1.807, 2.05) is 0 Å². The van der Waals surface area contributed by atoms with Crippen LogP contribution in [0.4, 0.5) is 0 Å². The van der Waals surface area contributed by atoms with Gasteiger partial charge in [-0.05, 0) is 18.6 Å². The third-order valence-electron chi connectivity index (χ3n) is 8.05. The highest BCUT2D eigenvalue weighted by Gasteiger charge is 2.54. The van der Waals surface area contributed by atoms with Crippen molar-refractivity contribution in [3.8, 4) is 0 Å². The highest BCUT2D eigenvalue weighted by Crippen LogP contribution is 2.44. The zero-order valence-electron chi connectivity index (χ0n) is 23.7. The number of Topliss-reactive ketones (excluding diaryl/α,β-unsaturated/α-hetero) is 1. The van der Waals surface area contributed by atoms with Gasteiger partial charge in [0, 0.05) is 5.56 Å². The molecule has 1 aromatic carbocycles. The van der Waals surface area contributed by atoms with Gasteiger partial charge in [0.25, 0.3) is 0 Å². The Morgan fingerprint density at radius 1 is 0.864 bits per heavy atom. The summed E-state index contributed by atoms with van der Waals surface area (Å²) in [6.45, 7) is 0.0508. The summed E-state index contributed by atoms with van der Waals surface area (Å²) in [7, 11) is 0. The molecule has 15 heteroatoms. The molecule has 0 amide bonds. The molecule has 2 heterocycles. The normalized spacial score (nSPS) is 39.2. The summed E-state index contributed by atoms with van der Waals surface area (Å²) in [4.78, 5) is 26.8. The minimum atomic E-state index is -2.61. The number of aliphatic carboxylic acids is 1. The number of carboxylic acids is 1. The van der Waals surface area contributed by atoms with E-state index in [-0.39, 0.29) is 24.0 Å². The summed E-state index contributed by atoms with van der Waals surface area (Å²) in [5.41, 5.74) is -2.65. The predicted molar refractivity (Wildman–Crippen MR) is 143 cm³/mol. The van der Waals surface area contributed by atoms with Gasteiger partial charge in [0.15, 0.2) is 24.5 Å². The maximum Gasteiger partial charge on any atom is 0.196 e. The van der Waals surface area contributed by atoms with E-state index in [1.54, 1.807) is 25.1 Å². The third kappa shape index (κ3) is 6.31. The van der Waals surface area contributed by atoms with Crippen LogP contribution in [0.25, 0.3) is 0 Å². The molecule has 0 radical (unpaired) electrons. The van der Waals surface area contributed by atoms with Crippen molar-refractivity contribution >= 4 is 11.8 Å². The predicted octanol–water partition coefficient (Wildman–Crippen LogP) is -3.77. The van der Waals surface area contributed by atoms with Crippen molar-refractivity contribution < 1.29 is 74.5 Å². The number of carboxylic acid groups (broad SMARTS) is 1. The lowest BCUT2D eigenvalue weighted by Crippen LogP contribution is -2.66. The highest BCUT2D eigenvalue weighted by atomic mass is 16.7. The molecule has 2 saturated heterocycles. The van der Waals surface area contributed by atoms with E-state index < -0.39 is 104 Å². The van der Waals surface area contributed by atoms with Crippen LogP contribution in [0.1, 0.15) is 30.1 Å². The van der Waals surface area contributed by atoms with Gasteiger partial charge in [0.05, 0.1) is 30.7 Å². The average Bonchev–Trinajstić information content (AvgIpc) is 3.02. The van der Waals surface area contributed by atoms with Crippen LogP contribution in [-0.4, -0.2) is 133 Å². The summed E-state index contributed by atoms with van der Waals surface area (Å²) in [6.07, 6.45) is -15.8. The van der Waals surface area contributed by atoms with E-state index in [4.69, 9.17) is 18.9 Å². The van der Waals surface area contributed by atoms with E-state index >= 15 is 0 Å². The Balaban J connectivity index is 1.87. The summed E-state index contributed by atoms with van der Waals surface area (Å²) in [5, 5.41) is 95.7. The zero-order valence-corrected chi connectivity index (χ0v) is 23.7. The van der Waals surface area contributed by atoms with Crippen LogP contribution in [-0.2, 0) is 23.7 Å². The van der Waals surface area contributed by atoms with Crippen molar-refractivity contribution in [1.29, 1.82) is 0 Å². The first kappa shape index (κ1) is 34.1. The Hall–Kier alpha value is -2.80. The second kappa shape index (κ2) is 14.1. The van der Waals surface area contributed by atoms with Gasteiger partial charge in [-0.2, -0.15) is 0 Å². The number of allylic oxidation sites excluding steroid dienone is 2. The fraction of sp³-hybridized carbons (Fsp3) is 0.586. The summed E-state index contributed by atoms with van der Waals surface area (Å²) >= 11 is 0. The minimum Gasteiger partial charge on any atom is -0.547 e. The second-order valence-corrected chi connectivity index (χ2v) is 10.9. The Morgan fingerprint density at radius 3 is 1.93 bits per heavy atom. The quantitative estimate of drug-likeness (QED) is 0.110. The number of ether oxygens (including phenoxy) is 4. The van der Waals surface area contributed by atoms with E-state index in [1.165, 1.54) is 12.1 Å². The molecular weight excluding hydrogens is 588 g/mol.